The molecule has 0 saturated carbocycles. The molecular formula is C33H39ClFN7O3. The molecule has 0 unspecified atom stereocenters. The van der Waals surface area contributed by atoms with Crippen LogP contribution in [0.1, 0.15) is 45.6 Å². The molecule has 3 aliphatic rings. The molecule has 3 aliphatic heterocycles. The van der Waals surface area contributed by atoms with Gasteiger partial charge in [0.15, 0.2) is 5.82 Å². The number of H-pyrrole nitrogens is 1. The van der Waals surface area contributed by atoms with E-state index >= 15 is 4.39 Å². The molecule has 1 N–H and O–H groups in total. The molecule has 2 aromatic carbocycles. The third-order valence-corrected chi connectivity index (χ3v) is 9.73. The molecule has 10 nitrogen and oxygen atoms in total. The van der Waals surface area contributed by atoms with Crippen molar-refractivity contribution in [3.8, 4) is 17.1 Å². The second-order valence-electron chi connectivity index (χ2n) is 14.0. The highest BCUT2D eigenvalue weighted by Crippen LogP contribution is 2.45. The fraction of sp³-hybridized carbons (Fsp3) is 0.515. The van der Waals surface area contributed by atoms with Crippen molar-refractivity contribution in [3.05, 3.63) is 40.8 Å². The van der Waals surface area contributed by atoms with Crippen LogP contribution in [0.4, 0.5) is 15.0 Å². The molecule has 0 aliphatic carbocycles. The number of aromatic amines is 1. The van der Waals surface area contributed by atoms with E-state index in [-0.39, 0.29) is 39.7 Å². The highest BCUT2D eigenvalue weighted by atomic mass is 35.5. The summed E-state index contributed by atoms with van der Waals surface area (Å²) in [5, 5.41) is 8.86. The van der Waals surface area contributed by atoms with Gasteiger partial charge in [0, 0.05) is 59.5 Å². The van der Waals surface area contributed by atoms with E-state index in [0.29, 0.717) is 55.1 Å². The number of hydrogen-bond donors (Lipinski definition) is 1. The molecule has 1 atom stereocenters. The van der Waals surface area contributed by atoms with Crippen LogP contribution in [0.15, 0.2) is 24.4 Å². The Balaban J connectivity index is 1.26. The van der Waals surface area contributed by atoms with Crippen LogP contribution >= 0.6 is 11.6 Å². The number of hydrogen-bond acceptors (Lipinski definition) is 8. The summed E-state index contributed by atoms with van der Waals surface area (Å²) in [7, 11) is 2.09. The molecule has 5 heterocycles. The van der Waals surface area contributed by atoms with Gasteiger partial charge in [-0.1, -0.05) is 23.7 Å². The second-order valence-corrected chi connectivity index (χ2v) is 14.4. The summed E-state index contributed by atoms with van der Waals surface area (Å²) in [6, 6.07) is 6.06. The van der Waals surface area contributed by atoms with Crippen LogP contribution in [0.3, 0.4) is 0 Å². The molecule has 238 valence electrons. The van der Waals surface area contributed by atoms with E-state index in [0.717, 1.165) is 36.8 Å². The Morgan fingerprint density at radius 1 is 1.18 bits per heavy atom. The number of benzene rings is 2. The zero-order chi connectivity index (χ0) is 31.7. The van der Waals surface area contributed by atoms with E-state index < -0.39 is 11.4 Å². The van der Waals surface area contributed by atoms with Crippen molar-refractivity contribution >= 4 is 45.3 Å². The lowest BCUT2D eigenvalue weighted by atomic mass is 9.79. The summed E-state index contributed by atoms with van der Waals surface area (Å²) >= 11 is 6.92. The number of rotatable bonds is 5. The topological polar surface area (TPSA) is 99.7 Å². The molecule has 1 amide bonds. The standard InChI is InChI=1S/C33H39ClFN7O3/c1-19-8-9-20-14-36-39-27(20)24(19)25-23(34)13-22-28(26(25)35)37-30(44-15-21-7-6-11-40(21)5)38-29(22)41-12-10-33(16-41)17-42(18-33)31(43)45-32(2,3)4/h8-9,13-14,21H,6-7,10-12,15-18H2,1-5H3,(H,36,39)/t21-/m0/s1. The number of amides is 1. The molecule has 12 heteroatoms. The fourth-order valence-electron chi connectivity index (χ4n) is 7.09. The van der Waals surface area contributed by atoms with Gasteiger partial charge in [0.1, 0.15) is 23.5 Å². The van der Waals surface area contributed by atoms with Crippen molar-refractivity contribution in [2.75, 3.05) is 51.3 Å². The Labute approximate surface area is 266 Å². The number of likely N-dealkylation sites (N-methyl/N-ethyl adjacent to an activating group) is 1. The third-order valence-electron chi connectivity index (χ3n) is 9.44. The van der Waals surface area contributed by atoms with Crippen molar-refractivity contribution in [2.45, 2.75) is 58.6 Å². The summed E-state index contributed by atoms with van der Waals surface area (Å²) < 4.78 is 28.6. The van der Waals surface area contributed by atoms with E-state index in [4.69, 9.17) is 26.1 Å². The molecule has 3 fully saturated rings. The van der Waals surface area contributed by atoms with E-state index in [9.17, 15) is 4.79 Å². The maximum atomic E-state index is 16.8. The van der Waals surface area contributed by atoms with Gasteiger partial charge < -0.3 is 24.2 Å². The largest absolute Gasteiger partial charge is 0.462 e. The zero-order valence-corrected chi connectivity index (χ0v) is 27.2. The Hall–Kier alpha value is -3.70. The van der Waals surface area contributed by atoms with Gasteiger partial charge >= 0.3 is 12.1 Å². The zero-order valence-electron chi connectivity index (χ0n) is 26.4. The molecule has 45 heavy (non-hydrogen) atoms. The summed E-state index contributed by atoms with van der Waals surface area (Å²) in [5.74, 6) is 0.0639. The van der Waals surface area contributed by atoms with Crippen LogP contribution in [0.5, 0.6) is 6.01 Å². The Bertz CT molecular complexity index is 1800. The predicted octanol–water partition coefficient (Wildman–Crippen LogP) is 6.19. The normalized spacial score (nSPS) is 20.0. The van der Waals surface area contributed by atoms with Gasteiger partial charge in [0.05, 0.1) is 16.7 Å². The number of halogens is 2. The lowest BCUT2D eigenvalue weighted by Gasteiger charge is -2.47. The van der Waals surface area contributed by atoms with Crippen LogP contribution in [0.25, 0.3) is 32.9 Å². The van der Waals surface area contributed by atoms with Crippen LogP contribution in [0, 0.1) is 18.2 Å². The fourth-order valence-corrected chi connectivity index (χ4v) is 7.37. The van der Waals surface area contributed by atoms with Gasteiger partial charge in [-0.25, -0.2) is 9.18 Å². The van der Waals surface area contributed by atoms with Gasteiger partial charge in [0.2, 0.25) is 0 Å². The Morgan fingerprint density at radius 3 is 2.71 bits per heavy atom. The summed E-state index contributed by atoms with van der Waals surface area (Å²) in [6.07, 6.45) is 4.43. The first-order valence-corrected chi connectivity index (χ1v) is 16.0. The highest BCUT2D eigenvalue weighted by molar-refractivity contribution is 6.35. The molecule has 0 radical (unpaired) electrons. The van der Waals surface area contributed by atoms with Crippen molar-refractivity contribution in [1.82, 2.24) is 30.0 Å². The monoisotopic (exact) mass is 635 g/mol. The molecule has 2 aromatic heterocycles. The van der Waals surface area contributed by atoms with Crippen LogP contribution in [0.2, 0.25) is 5.02 Å². The van der Waals surface area contributed by atoms with E-state index in [1.54, 1.807) is 17.2 Å². The molecule has 0 bridgehead atoms. The molecule has 1 spiro atoms. The van der Waals surface area contributed by atoms with Crippen molar-refractivity contribution in [1.29, 1.82) is 0 Å². The Kier molecular flexibility index (Phi) is 7.31. The summed E-state index contributed by atoms with van der Waals surface area (Å²) in [6.45, 7) is 11.5. The quantitative estimate of drug-likeness (QED) is 0.277. The maximum absolute atomic E-state index is 16.8. The van der Waals surface area contributed by atoms with Crippen LogP contribution in [-0.4, -0.2) is 94.1 Å². The molecule has 4 aromatic rings. The number of nitrogens with one attached hydrogen (secondary N) is 1. The van der Waals surface area contributed by atoms with Gasteiger partial charge in [0.25, 0.3) is 0 Å². The number of ether oxygens (including phenoxy) is 2. The summed E-state index contributed by atoms with van der Waals surface area (Å²) in [4.78, 5) is 28.3. The van der Waals surface area contributed by atoms with Crippen molar-refractivity contribution in [2.24, 2.45) is 5.41 Å². The minimum absolute atomic E-state index is 0.0859. The minimum Gasteiger partial charge on any atom is -0.462 e. The average Bonchev–Trinajstić information content (AvgIpc) is 3.71. The van der Waals surface area contributed by atoms with Gasteiger partial charge in [-0.3, -0.25) is 5.10 Å². The third kappa shape index (κ3) is 5.43. The van der Waals surface area contributed by atoms with Crippen molar-refractivity contribution < 1.29 is 18.7 Å². The predicted molar refractivity (Wildman–Crippen MR) is 173 cm³/mol. The number of carbonyl (C=O) groups excluding carboxylic acids is 1. The number of anilines is 1. The molecule has 3 saturated heterocycles. The Morgan fingerprint density at radius 2 is 1.98 bits per heavy atom. The number of aryl methyl sites for hydroxylation is 1. The lowest BCUT2D eigenvalue weighted by Crippen LogP contribution is -2.60. The number of fused-ring (bicyclic) bond motifs is 2. The summed E-state index contributed by atoms with van der Waals surface area (Å²) in [5.41, 5.74) is 2.03. The number of nitrogens with zero attached hydrogens (tertiary/aromatic N) is 6. The maximum Gasteiger partial charge on any atom is 0.410 e. The number of likely N-dealkylation sites (tertiary alicyclic amines) is 2. The first kappa shape index (κ1) is 30.0. The first-order valence-electron chi connectivity index (χ1n) is 15.6. The van der Waals surface area contributed by atoms with Crippen molar-refractivity contribution in [3.63, 3.8) is 0 Å². The van der Waals surface area contributed by atoms with Gasteiger partial charge in [-0.2, -0.15) is 15.1 Å². The SMILES string of the molecule is Cc1ccc2cn[nH]c2c1-c1c(Cl)cc2c(N3CCC4(CN(C(=O)OC(C)(C)C)C4)C3)nc(OC[C@@H]3CCCN3C)nc2c1F. The second kappa shape index (κ2) is 11.0. The number of carbonyl (C=O) groups is 1. The van der Waals surface area contributed by atoms with Gasteiger partial charge in [-0.05, 0) is 72.2 Å². The van der Waals surface area contributed by atoms with Crippen LogP contribution < -0.4 is 9.64 Å². The molecule has 7 rings (SSSR count). The highest BCUT2D eigenvalue weighted by Gasteiger charge is 2.51. The van der Waals surface area contributed by atoms with E-state index in [1.807, 2.05) is 39.8 Å². The first-order chi connectivity index (χ1) is 21.4. The van der Waals surface area contributed by atoms with E-state index in [1.165, 1.54) is 0 Å². The van der Waals surface area contributed by atoms with E-state index in [2.05, 4.69) is 32.0 Å². The number of aromatic nitrogens is 4. The smallest absolute Gasteiger partial charge is 0.410 e. The molecular weight excluding hydrogens is 597 g/mol. The average molecular weight is 636 g/mol. The van der Waals surface area contributed by atoms with Gasteiger partial charge in [-0.15, -0.1) is 0 Å². The minimum atomic E-state index is -0.547. The van der Waals surface area contributed by atoms with Crippen LogP contribution in [-0.2, 0) is 4.74 Å². The lowest BCUT2D eigenvalue weighted by molar-refractivity contribution is -0.0266.